The second-order valence-electron chi connectivity index (χ2n) is 5.88. The average Bonchev–Trinajstić information content (AvgIpc) is 2.85. The number of carbonyl (C=O) groups is 3. The second-order valence-corrected chi connectivity index (χ2v) is 7.71. The van der Waals surface area contributed by atoms with Gasteiger partial charge in [-0.1, -0.05) is 29.3 Å². The maximum Gasteiger partial charge on any atom is 0.294 e. The fourth-order valence-corrected chi connectivity index (χ4v) is 4.07. The first-order chi connectivity index (χ1) is 12.0. The van der Waals surface area contributed by atoms with E-state index >= 15 is 0 Å². The topological polar surface area (TPSA) is 57.7 Å². The number of imide groups is 1. The Morgan fingerprint density at radius 1 is 1.16 bits per heavy atom. The summed E-state index contributed by atoms with van der Waals surface area (Å²) in [6.07, 6.45) is 4.58. The summed E-state index contributed by atoms with van der Waals surface area (Å²) in [5.74, 6) is -0.654. The summed E-state index contributed by atoms with van der Waals surface area (Å²) in [7, 11) is 0. The van der Waals surface area contributed by atoms with Crippen molar-refractivity contribution in [3.63, 3.8) is 0 Å². The number of hydrogen-bond donors (Lipinski definition) is 0. The van der Waals surface area contributed by atoms with Crippen LogP contribution >= 0.6 is 35.0 Å². The number of halogens is 2. The molecule has 0 radical (unpaired) electrons. The molecule has 1 aromatic rings. The van der Waals surface area contributed by atoms with Gasteiger partial charge in [0, 0.05) is 23.1 Å². The third kappa shape index (κ3) is 4.19. The van der Waals surface area contributed by atoms with E-state index in [0.29, 0.717) is 28.7 Å². The van der Waals surface area contributed by atoms with Gasteiger partial charge in [0.15, 0.2) is 0 Å². The second kappa shape index (κ2) is 7.81. The molecule has 0 bridgehead atoms. The number of amides is 3. The lowest BCUT2D eigenvalue weighted by molar-refractivity contribution is -0.136. The van der Waals surface area contributed by atoms with Crippen LogP contribution in [0.5, 0.6) is 0 Å². The molecule has 8 heteroatoms. The molecule has 5 nitrogen and oxygen atoms in total. The van der Waals surface area contributed by atoms with E-state index in [1.807, 2.05) is 0 Å². The Labute approximate surface area is 159 Å². The molecule has 0 aromatic heterocycles. The largest absolute Gasteiger partial charge is 0.341 e. The SMILES string of the molecule is O=C(CN1C(=O)S/C(=C\c2ccc(Cl)cc2Cl)C1=O)N1CCCCC1. The molecule has 2 fully saturated rings. The predicted molar refractivity (Wildman–Crippen MR) is 99.6 cm³/mol. The van der Waals surface area contributed by atoms with Gasteiger partial charge in [-0.15, -0.1) is 0 Å². The van der Waals surface area contributed by atoms with Crippen molar-refractivity contribution in [3.8, 4) is 0 Å². The molecule has 0 spiro atoms. The number of benzene rings is 1. The number of carbonyl (C=O) groups excluding carboxylic acids is 3. The molecule has 25 heavy (non-hydrogen) atoms. The van der Waals surface area contributed by atoms with Gasteiger partial charge in [-0.2, -0.15) is 0 Å². The van der Waals surface area contributed by atoms with Gasteiger partial charge in [0.1, 0.15) is 6.54 Å². The Morgan fingerprint density at radius 3 is 2.56 bits per heavy atom. The number of hydrogen-bond acceptors (Lipinski definition) is 4. The van der Waals surface area contributed by atoms with Gasteiger partial charge in [-0.3, -0.25) is 19.3 Å². The molecule has 0 saturated carbocycles. The summed E-state index contributed by atoms with van der Waals surface area (Å²) in [4.78, 5) is 39.9. The summed E-state index contributed by atoms with van der Waals surface area (Å²) in [5.41, 5.74) is 0.596. The van der Waals surface area contributed by atoms with E-state index in [4.69, 9.17) is 23.2 Å². The van der Waals surface area contributed by atoms with E-state index in [9.17, 15) is 14.4 Å². The van der Waals surface area contributed by atoms with Crippen LogP contribution in [0.1, 0.15) is 24.8 Å². The minimum Gasteiger partial charge on any atom is -0.341 e. The summed E-state index contributed by atoms with van der Waals surface area (Å²) in [5, 5.41) is 0.442. The van der Waals surface area contributed by atoms with E-state index < -0.39 is 11.1 Å². The maximum absolute atomic E-state index is 12.5. The molecule has 3 amide bonds. The molecular formula is C17H16Cl2N2O3S. The lowest BCUT2D eigenvalue weighted by Gasteiger charge is -2.27. The molecule has 1 aromatic carbocycles. The van der Waals surface area contributed by atoms with Gasteiger partial charge in [0.25, 0.3) is 11.1 Å². The van der Waals surface area contributed by atoms with Crippen LogP contribution in [0.4, 0.5) is 4.79 Å². The zero-order valence-corrected chi connectivity index (χ0v) is 15.7. The first-order valence-corrected chi connectivity index (χ1v) is 9.51. The van der Waals surface area contributed by atoms with Crippen molar-refractivity contribution in [2.24, 2.45) is 0 Å². The van der Waals surface area contributed by atoms with Gasteiger partial charge in [0.05, 0.1) is 4.91 Å². The lowest BCUT2D eigenvalue weighted by Crippen LogP contribution is -2.44. The van der Waals surface area contributed by atoms with Crippen molar-refractivity contribution >= 4 is 58.1 Å². The maximum atomic E-state index is 12.5. The molecule has 2 saturated heterocycles. The van der Waals surface area contributed by atoms with E-state index in [1.165, 1.54) is 0 Å². The number of rotatable bonds is 3. The smallest absolute Gasteiger partial charge is 0.294 e. The highest BCUT2D eigenvalue weighted by Crippen LogP contribution is 2.34. The normalized spacial score (nSPS) is 19.8. The van der Waals surface area contributed by atoms with Crippen molar-refractivity contribution in [1.82, 2.24) is 9.80 Å². The number of likely N-dealkylation sites (tertiary alicyclic amines) is 1. The van der Waals surface area contributed by atoms with Crippen molar-refractivity contribution in [3.05, 3.63) is 38.7 Å². The van der Waals surface area contributed by atoms with Gasteiger partial charge in [0.2, 0.25) is 5.91 Å². The standard InChI is InChI=1S/C17H16Cl2N2O3S/c18-12-5-4-11(13(19)9-12)8-14-16(23)21(17(24)25-14)10-15(22)20-6-2-1-3-7-20/h4-5,8-9H,1-3,6-7,10H2/b14-8-. The molecule has 0 aliphatic carbocycles. The summed E-state index contributed by atoms with van der Waals surface area (Å²) in [6, 6.07) is 4.90. The molecular weight excluding hydrogens is 383 g/mol. The van der Waals surface area contributed by atoms with Crippen LogP contribution in [-0.2, 0) is 9.59 Å². The Balaban J connectivity index is 1.73. The highest BCUT2D eigenvalue weighted by atomic mass is 35.5. The molecule has 0 atom stereocenters. The molecule has 132 valence electrons. The number of piperidine rings is 1. The van der Waals surface area contributed by atoms with Crippen LogP contribution in [0, 0.1) is 0 Å². The summed E-state index contributed by atoms with van der Waals surface area (Å²) >= 11 is 12.8. The van der Waals surface area contributed by atoms with Gasteiger partial charge in [-0.05, 0) is 54.8 Å². The van der Waals surface area contributed by atoms with Crippen molar-refractivity contribution in [2.45, 2.75) is 19.3 Å². The summed E-state index contributed by atoms with van der Waals surface area (Å²) < 4.78 is 0. The fourth-order valence-electron chi connectivity index (χ4n) is 2.77. The Hall–Kier alpha value is -1.50. The monoisotopic (exact) mass is 398 g/mol. The van der Waals surface area contributed by atoms with Crippen molar-refractivity contribution < 1.29 is 14.4 Å². The minimum absolute atomic E-state index is 0.187. The predicted octanol–water partition coefficient (Wildman–Crippen LogP) is 4.04. The van der Waals surface area contributed by atoms with E-state index in [-0.39, 0.29) is 17.4 Å². The van der Waals surface area contributed by atoms with Crippen molar-refractivity contribution in [1.29, 1.82) is 0 Å². The average molecular weight is 399 g/mol. The molecule has 2 aliphatic heterocycles. The molecule has 0 unspecified atom stereocenters. The third-order valence-electron chi connectivity index (χ3n) is 4.12. The molecule has 3 rings (SSSR count). The van der Waals surface area contributed by atoms with Crippen LogP contribution in [-0.4, -0.2) is 46.5 Å². The van der Waals surface area contributed by atoms with Gasteiger partial charge >= 0.3 is 0 Å². The van der Waals surface area contributed by atoms with E-state index in [0.717, 1.165) is 35.9 Å². The molecule has 2 heterocycles. The quantitative estimate of drug-likeness (QED) is 0.720. The first-order valence-electron chi connectivity index (χ1n) is 7.94. The van der Waals surface area contributed by atoms with Crippen LogP contribution in [0.3, 0.4) is 0 Å². The first kappa shape index (κ1) is 18.3. The van der Waals surface area contributed by atoms with Gasteiger partial charge < -0.3 is 4.90 Å². The van der Waals surface area contributed by atoms with Crippen LogP contribution in [0.15, 0.2) is 23.1 Å². The van der Waals surface area contributed by atoms with Crippen LogP contribution in [0.25, 0.3) is 6.08 Å². The van der Waals surface area contributed by atoms with Crippen LogP contribution < -0.4 is 0 Å². The third-order valence-corrected chi connectivity index (χ3v) is 5.59. The Morgan fingerprint density at radius 2 is 1.88 bits per heavy atom. The zero-order valence-electron chi connectivity index (χ0n) is 13.3. The zero-order chi connectivity index (χ0) is 18.0. The number of nitrogens with zero attached hydrogens (tertiary/aromatic N) is 2. The lowest BCUT2D eigenvalue weighted by atomic mass is 10.1. The minimum atomic E-state index is -0.466. The fraction of sp³-hybridized carbons (Fsp3) is 0.353. The highest BCUT2D eigenvalue weighted by molar-refractivity contribution is 8.18. The number of thioether (sulfide) groups is 1. The van der Waals surface area contributed by atoms with Crippen LogP contribution in [0.2, 0.25) is 10.0 Å². The van der Waals surface area contributed by atoms with E-state index in [1.54, 1.807) is 29.2 Å². The highest BCUT2D eigenvalue weighted by Gasteiger charge is 2.37. The molecule has 2 aliphatic rings. The summed E-state index contributed by atoms with van der Waals surface area (Å²) in [6.45, 7) is 1.16. The van der Waals surface area contributed by atoms with E-state index in [2.05, 4.69) is 0 Å². The van der Waals surface area contributed by atoms with Gasteiger partial charge in [-0.25, -0.2) is 0 Å². The Bertz CT molecular complexity index is 760. The molecule has 0 N–H and O–H groups in total. The van der Waals surface area contributed by atoms with Crippen molar-refractivity contribution in [2.75, 3.05) is 19.6 Å². The Kier molecular flexibility index (Phi) is 5.71.